The van der Waals surface area contributed by atoms with Gasteiger partial charge in [0.1, 0.15) is 0 Å². The van der Waals surface area contributed by atoms with Crippen LogP contribution in [0.5, 0.6) is 0 Å². The highest BCUT2D eigenvalue weighted by molar-refractivity contribution is 7.11. The molecule has 4 nitrogen and oxygen atoms in total. The highest BCUT2D eigenvalue weighted by atomic mass is 32.1. The molecule has 1 aliphatic rings. The fourth-order valence-corrected chi connectivity index (χ4v) is 3.50. The van der Waals surface area contributed by atoms with E-state index in [1.165, 1.54) is 12.8 Å². The van der Waals surface area contributed by atoms with Crippen LogP contribution in [-0.2, 0) is 13.0 Å². The predicted octanol–water partition coefficient (Wildman–Crippen LogP) is 2.64. The van der Waals surface area contributed by atoms with Crippen molar-refractivity contribution in [2.45, 2.75) is 39.7 Å². The van der Waals surface area contributed by atoms with E-state index in [1.807, 2.05) is 6.92 Å². The van der Waals surface area contributed by atoms with E-state index in [0.717, 1.165) is 35.9 Å². The molecule has 0 amide bonds. The Hall–Kier alpha value is -0.940. The Morgan fingerprint density at radius 3 is 3.00 bits per heavy atom. The number of carboxylic acids is 1. The van der Waals surface area contributed by atoms with Crippen LogP contribution in [0.4, 0.5) is 0 Å². The third kappa shape index (κ3) is 3.09. The van der Waals surface area contributed by atoms with Gasteiger partial charge in [-0.25, -0.2) is 9.78 Å². The molecule has 0 aromatic carbocycles. The van der Waals surface area contributed by atoms with Crippen molar-refractivity contribution in [3.05, 3.63) is 15.6 Å². The molecule has 100 valence electrons. The maximum atomic E-state index is 11.2. The molecular weight excluding hydrogens is 248 g/mol. The third-order valence-electron chi connectivity index (χ3n) is 3.36. The highest BCUT2D eigenvalue weighted by Gasteiger charge is 2.22. The molecule has 0 bridgehead atoms. The quantitative estimate of drug-likeness (QED) is 0.912. The van der Waals surface area contributed by atoms with Crippen molar-refractivity contribution in [1.29, 1.82) is 0 Å². The summed E-state index contributed by atoms with van der Waals surface area (Å²) in [6, 6.07) is 0. The largest absolute Gasteiger partial charge is 0.476 e. The van der Waals surface area contributed by atoms with Crippen LogP contribution in [-0.4, -0.2) is 34.0 Å². The summed E-state index contributed by atoms with van der Waals surface area (Å²) >= 11 is 1.55. The molecule has 18 heavy (non-hydrogen) atoms. The van der Waals surface area contributed by atoms with Gasteiger partial charge in [0.2, 0.25) is 0 Å². The average molecular weight is 268 g/mol. The van der Waals surface area contributed by atoms with Crippen LogP contribution < -0.4 is 0 Å². The van der Waals surface area contributed by atoms with Gasteiger partial charge in [-0.05, 0) is 31.7 Å². The lowest BCUT2D eigenvalue weighted by molar-refractivity contribution is 0.0688. The zero-order chi connectivity index (χ0) is 13.1. The second-order valence-corrected chi connectivity index (χ2v) is 6.19. The second kappa shape index (κ2) is 5.80. The molecule has 1 aliphatic heterocycles. The van der Waals surface area contributed by atoms with Gasteiger partial charge >= 0.3 is 5.97 Å². The lowest BCUT2D eigenvalue weighted by Crippen LogP contribution is -2.33. The van der Waals surface area contributed by atoms with E-state index in [0.29, 0.717) is 5.92 Å². The number of nitrogens with zero attached hydrogens (tertiary/aromatic N) is 2. The molecular formula is C13H20N2O2S. The molecule has 0 saturated carbocycles. The zero-order valence-corrected chi connectivity index (χ0v) is 11.8. The Balaban J connectivity index is 2.12. The number of hydrogen-bond donors (Lipinski definition) is 1. The van der Waals surface area contributed by atoms with Gasteiger partial charge in [-0.2, -0.15) is 0 Å². The minimum Gasteiger partial charge on any atom is -0.476 e. The molecule has 5 heteroatoms. The SMILES string of the molecule is CCc1nc(C(=O)O)c(CN2CCCC(C)C2)s1. The van der Waals surface area contributed by atoms with E-state index >= 15 is 0 Å². The summed E-state index contributed by atoms with van der Waals surface area (Å²) in [4.78, 5) is 18.7. The molecule has 0 aliphatic carbocycles. The van der Waals surface area contributed by atoms with Gasteiger partial charge in [-0.1, -0.05) is 13.8 Å². The minimum atomic E-state index is -0.897. The lowest BCUT2D eigenvalue weighted by atomic mass is 10.0. The molecule has 1 saturated heterocycles. The van der Waals surface area contributed by atoms with Gasteiger partial charge in [-0.15, -0.1) is 11.3 Å². The Kier molecular flexibility index (Phi) is 4.35. The molecule has 2 heterocycles. The summed E-state index contributed by atoms with van der Waals surface area (Å²) in [5.74, 6) is -0.184. The molecule has 1 aromatic rings. The van der Waals surface area contributed by atoms with Gasteiger partial charge in [0.15, 0.2) is 5.69 Å². The van der Waals surface area contributed by atoms with Crippen LogP contribution in [0.15, 0.2) is 0 Å². The summed E-state index contributed by atoms with van der Waals surface area (Å²) in [5.41, 5.74) is 0.259. The number of likely N-dealkylation sites (tertiary alicyclic amines) is 1. The number of carbonyl (C=O) groups is 1. The second-order valence-electron chi connectivity index (χ2n) is 5.02. The van der Waals surface area contributed by atoms with Crippen molar-refractivity contribution in [3.8, 4) is 0 Å². The van der Waals surface area contributed by atoms with Gasteiger partial charge < -0.3 is 5.11 Å². The molecule has 1 fully saturated rings. The first-order valence-corrected chi connectivity index (χ1v) is 7.36. The van der Waals surface area contributed by atoms with E-state index in [-0.39, 0.29) is 5.69 Å². The molecule has 0 radical (unpaired) electrons. The molecule has 1 N–H and O–H groups in total. The van der Waals surface area contributed by atoms with Crippen molar-refractivity contribution in [2.75, 3.05) is 13.1 Å². The van der Waals surface area contributed by atoms with E-state index < -0.39 is 5.97 Å². The van der Waals surface area contributed by atoms with E-state index in [1.54, 1.807) is 11.3 Å². The molecule has 2 rings (SSSR count). The van der Waals surface area contributed by atoms with Gasteiger partial charge in [0, 0.05) is 13.1 Å². The van der Waals surface area contributed by atoms with Crippen molar-refractivity contribution in [3.63, 3.8) is 0 Å². The fraction of sp³-hybridized carbons (Fsp3) is 0.692. The van der Waals surface area contributed by atoms with Crippen LogP contribution in [0.1, 0.15) is 47.1 Å². The normalized spacial score (nSPS) is 21.1. The van der Waals surface area contributed by atoms with Crippen LogP contribution in [0.25, 0.3) is 0 Å². The predicted molar refractivity (Wildman–Crippen MR) is 72.1 cm³/mol. The summed E-state index contributed by atoms with van der Waals surface area (Å²) in [6.45, 7) is 7.15. The van der Waals surface area contributed by atoms with Gasteiger partial charge in [0.05, 0.1) is 9.88 Å². The number of aromatic nitrogens is 1. The summed E-state index contributed by atoms with van der Waals surface area (Å²) in [5, 5.41) is 10.1. The Labute approximate surface area is 112 Å². The van der Waals surface area contributed by atoms with Crippen molar-refractivity contribution >= 4 is 17.3 Å². The Bertz CT molecular complexity index is 431. The van der Waals surface area contributed by atoms with Crippen LogP contribution >= 0.6 is 11.3 Å². The number of hydrogen-bond acceptors (Lipinski definition) is 4. The summed E-state index contributed by atoms with van der Waals surface area (Å²) in [7, 11) is 0. The number of piperidine rings is 1. The van der Waals surface area contributed by atoms with Gasteiger partial charge in [0.25, 0.3) is 0 Å². The maximum Gasteiger partial charge on any atom is 0.355 e. The van der Waals surface area contributed by atoms with E-state index in [9.17, 15) is 9.90 Å². The fourth-order valence-electron chi connectivity index (χ4n) is 2.46. The van der Waals surface area contributed by atoms with Crippen molar-refractivity contribution in [1.82, 2.24) is 9.88 Å². The van der Waals surface area contributed by atoms with Crippen LogP contribution in [0.2, 0.25) is 0 Å². The lowest BCUT2D eigenvalue weighted by Gasteiger charge is -2.30. The van der Waals surface area contributed by atoms with E-state index in [2.05, 4.69) is 16.8 Å². The molecule has 1 unspecified atom stereocenters. The third-order valence-corrected chi connectivity index (χ3v) is 4.54. The number of aromatic carboxylic acids is 1. The number of rotatable bonds is 4. The first-order chi connectivity index (χ1) is 8.60. The van der Waals surface area contributed by atoms with Gasteiger partial charge in [-0.3, -0.25) is 4.90 Å². The monoisotopic (exact) mass is 268 g/mol. The summed E-state index contributed by atoms with van der Waals surface area (Å²) in [6.07, 6.45) is 3.30. The molecule has 1 aromatic heterocycles. The van der Waals surface area contributed by atoms with Crippen molar-refractivity contribution < 1.29 is 9.90 Å². The Morgan fingerprint density at radius 2 is 2.39 bits per heavy atom. The smallest absolute Gasteiger partial charge is 0.355 e. The standard InChI is InChI=1S/C13H20N2O2S/c1-3-11-14-12(13(16)17)10(18-11)8-15-6-4-5-9(2)7-15/h9H,3-8H2,1-2H3,(H,16,17). The first-order valence-electron chi connectivity index (χ1n) is 6.54. The topological polar surface area (TPSA) is 53.4 Å². The van der Waals surface area contributed by atoms with Crippen LogP contribution in [0, 0.1) is 5.92 Å². The highest BCUT2D eigenvalue weighted by Crippen LogP contribution is 2.24. The molecule has 1 atom stereocenters. The molecule has 0 spiro atoms. The first kappa shape index (κ1) is 13.5. The zero-order valence-electron chi connectivity index (χ0n) is 11.0. The number of thiazole rings is 1. The van der Waals surface area contributed by atoms with E-state index in [4.69, 9.17) is 0 Å². The minimum absolute atomic E-state index is 0.259. The number of carboxylic acid groups (broad SMARTS) is 1. The number of aryl methyl sites for hydroxylation is 1. The summed E-state index contributed by atoms with van der Waals surface area (Å²) < 4.78 is 0. The average Bonchev–Trinajstić information content (AvgIpc) is 2.72. The maximum absolute atomic E-state index is 11.2. The van der Waals surface area contributed by atoms with Crippen LogP contribution in [0.3, 0.4) is 0 Å². The van der Waals surface area contributed by atoms with Crippen molar-refractivity contribution in [2.24, 2.45) is 5.92 Å². The Morgan fingerprint density at radius 1 is 1.61 bits per heavy atom.